The highest BCUT2D eigenvalue weighted by Crippen LogP contribution is 2.48. The van der Waals surface area contributed by atoms with E-state index in [-0.39, 0.29) is 30.0 Å². The fraction of sp³-hybridized carbons (Fsp3) is 0.759. The Hall–Kier alpha value is -3.22. The van der Waals surface area contributed by atoms with Crippen LogP contribution < -0.4 is 5.73 Å². The van der Waals surface area contributed by atoms with E-state index >= 15 is 0 Å². The number of nitrogens with two attached hydrogens (primary N) is 1. The van der Waals surface area contributed by atoms with E-state index in [9.17, 15) is 14.0 Å². The Balaban J connectivity index is 1.08. The summed E-state index contributed by atoms with van der Waals surface area (Å²) in [5, 5.41) is 0. The second-order valence-corrected chi connectivity index (χ2v) is 13.3. The third kappa shape index (κ3) is 5.03. The van der Waals surface area contributed by atoms with Crippen molar-refractivity contribution in [1.82, 2.24) is 19.5 Å². The van der Waals surface area contributed by atoms with Crippen molar-refractivity contribution < 1.29 is 37.7 Å². The number of halogens is 1. The Kier molecular flexibility index (Phi) is 6.70. The van der Waals surface area contributed by atoms with Gasteiger partial charge in [-0.05, 0) is 95.8 Å². The predicted molar refractivity (Wildman–Crippen MR) is 144 cm³/mol. The van der Waals surface area contributed by atoms with Crippen molar-refractivity contribution in [1.29, 1.82) is 0 Å². The zero-order chi connectivity index (χ0) is 29.1. The number of nitrogens with zero attached hydrogens (tertiary/aromatic N) is 4. The number of hydrogen-bond donors (Lipinski definition) is 1. The van der Waals surface area contributed by atoms with Gasteiger partial charge in [0.1, 0.15) is 35.7 Å². The third-order valence-electron chi connectivity index (χ3n) is 10.6. The van der Waals surface area contributed by atoms with Crippen LogP contribution in [0.5, 0.6) is 0 Å². The average molecular weight is 588 g/mol. The lowest BCUT2D eigenvalue weighted by Gasteiger charge is -2.45. The number of hydrogen-bond acceptors (Lipinski definition) is 11. The van der Waals surface area contributed by atoms with Crippen molar-refractivity contribution in [2.75, 3.05) is 12.3 Å². The minimum Gasteiger partial charge on any atom is -0.431 e. The maximum atomic E-state index is 14.1. The minimum absolute atomic E-state index is 0.1000. The van der Waals surface area contributed by atoms with Gasteiger partial charge >= 0.3 is 18.4 Å². The van der Waals surface area contributed by atoms with Gasteiger partial charge in [0.2, 0.25) is 0 Å². The molecule has 0 aromatic carbocycles. The summed E-state index contributed by atoms with van der Waals surface area (Å²) < 4.78 is 45.3. The van der Waals surface area contributed by atoms with Crippen LogP contribution in [-0.2, 0) is 23.7 Å². The quantitative estimate of drug-likeness (QED) is 0.344. The van der Waals surface area contributed by atoms with Crippen LogP contribution in [0.2, 0.25) is 0 Å². The number of nitrogen functional groups attached to an aromatic ring is 1. The first-order valence-electron chi connectivity index (χ1n) is 15.2. The van der Waals surface area contributed by atoms with Crippen LogP contribution in [0.3, 0.4) is 0 Å². The molecule has 0 radical (unpaired) electrons. The van der Waals surface area contributed by atoms with Gasteiger partial charge in [0.25, 0.3) is 0 Å². The maximum Gasteiger partial charge on any atom is 0.509 e. The largest absolute Gasteiger partial charge is 0.509 e. The molecule has 0 spiro atoms. The molecule has 1 saturated heterocycles. The number of aromatic nitrogens is 4. The fourth-order valence-corrected chi connectivity index (χ4v) is 7.91. The second kappa shape index (κ2) is 10.2. The highest BCUT2D eigenvalue weighted by molar-refractivity contribution is 5.81. The first-order chi connectivity index (χ1) is 20.1. The lowest BCUT2D eigenvalue weighted by atomic mass is 9.68. The summed E-state index contributed by atoms with van der Waals surface area (Å²) in [6.45, 7) is 1.47. The normalized spacial score (nSPS) is 37.1. The molecular formula is C29H38FN5O7. The van der Waals surface area contributed by atoms with Crippen molar-refractivity contribution in [2.24, 2.45) is 11.8 Å². The van der Waals surface area contributed by atoms with E-state index in [2.05, 4.69) is 15.0 Å². The first kappa shape index (κ1) is 27.6. The molecule has 2 aromatic rings. The van der Waals surface area contributed by atoms with Crippen molar-refractivity contribution in [2.45, 2.75) is 120 Å². The summed E-state index contributed by atoms with van der Waals surface area (Å²) in [5.74, 6) is 1.34. The Bertz CT molecular complexity index is 1340. The van der Waals surface area contributed by atoms with Crippen LogP contribution in [0.15, 0.2) is 6.33 Å². The Labute approximate surface area is 242 Å². The van der Waals surface area contributed by atoms with Crippen LogP contribution in [-0.4, -0.2) is 61.3 Å². The zero-order valence-electron chi connectivity index (χ0n) is 23.9. The number of rotatable bonds is 6. The van der Waals surface area contributed by atoms with Gasteiger partial charge in [-0.1, -0.05) is 0 Å². The van der Waals surface area contributed by atoms with E-state index in [1.807, 2.05) is 0 Å². The number of carbonyl (C=O) groups is 2. The van der Waals surface area contributed by atoms with E-state index in [0.717, 1.165) is 83.0 Å². The van der Waals surface area contributed by atoms with E-state index in [4.69, 9.17) is 29.4 Å². The van der Waals surface area contributed by atoms with Crippen LogP contribution in [0.4, 0.5) is 19.8 Å². The second-order valence-electron chi connectivity index (χ2n) is 13.3. The summed E-state index contributed by atoms with van der Waals surface area (Å²) >= 11 is 0. The molecule has 3 heterocycles. The van der Waals surface area contributed by atoms with Gasteiger partial charge in [-0.25, -0.2) is 14.6 Å². The number of imidazole rings is 1. The Morgan fingerprint density at radius 1 is 0.976 bits per heavy atom. The van der Waals surface area contributed by atoms with Crippen LogP contribution >= 0.6 is 0 Å². The minimum atomic E-state index is -1.26. The van der Waals surface area contributed by atoms with Crippen LogP contribution in [0.25, 0.3) is 11.2 Å². The molecule has 12 nitrogen and oxygen atoms in total. The molecule has 6 saturated carbocycles. The molecular weight excluding hydrogens is 549 g/mol. The monoisotopic (exact) mass is 587 g/mol. The molecule has 2 N–H and O–H groups in total. The molecule has 0 amide bonds. The summed E-state index contributed by atoms with van der Waals surface area (Å²) in [6.07, 6.45) is 8.76. The SMILES string of the molecule is C[C@]1(COC(=O)OC23CCC(CC2)CC3)O[C@@H](n2cnc3c(N)nc(F)nc32)C[C@@H]1OC(=O)OC12CCC(CC1)CC2. The molecule has 3 atom stereocenters. The summed E-state index contributed by atoms with van der Waals surface area (Å²) in [6, 6.07) is 0. The van der Waals surface area contributed by atoms with Gasteiger partial charge in [0.15, 0.2) is 17.0 Å². The fourth-order valence-electron chi connectivity index (χ4n) is 7.91. The van der Waals surface area contributed by atoms with Gasteiger partial charge in [-0.3, -0.25) is 4.57 Å². The van der Waals surface area contributed by atoms with Gasteiger partial charge < -0.3 is 29.4 Å². The molecule has 4 bridgehead atoms. The van der Waals surface area contributed by atoms with Gasteiger partial charge in [-0.15, -0.1) is 0 Å². The zero-order valence-corrected chi connectivity index (χ0v) is 23.9. The molecule has 7 aliphatic rings. The van der Waals surface area contributed by atoms with Crippen LogP contribution in [0, 0.1) is 17.9 Å². The summed E-state index contributed by atoms with van der Waals surface area (Å²) in [7, 11) is 0. The molecule has 7 fully saturated rings. The van der Waals surface area contributed by atoms with Gasteiger partial charge in [-0.2, -0.15) is 14.4 Å². The van der Waals surface area contributed by atoms with E-state index in [1.165, 1.54) is 10.9 Å². The molecule has 13 heteroatoms. The smallest absolute Gasteiger partial charge is 0.431 e. The molecule has 9 rings (SSSR count). The van der Waals surface area contributed by atoms with Crippen molar-refractivity contribution >= 4 is 29.3 Å². The Morgan fingerprint density at radius 3 is 2.14 bits per heavy atom. The number of fused-ring (bicyclic) bond motifs is 7. The van der Waals surface area contributed by atoms with Crippen molar-refractivity contribution in [3.05, 3.63) is 12.4 Å². The number of ether oxygens (including phenoxy) is 5. The van der Waals surface area contributed by atoms with Crippen molar-refractivity contribution in [3.8, 4) is 0 Å². The van der Waals surface area contributed by atoms with Crippen molar-refractivity contribution in [3.63, 3.8) is 0 Å². The first-order valence-corrected chi connectivity index (χ1v) is 15.2. The number of anilines is 1. The number of carbonyl (C=O) groups excluding carboxylic acids is 2. The lowest BCUT2D eigenvalue weighted by molar-refractivity contribution is -0.149. The standard InChI is InChI=1S/C29H38FN5O7/c1-27(15-38-25(36)41-28-8-2-17(3-9-28)4-10-28)19(39-26(37)42-29-11-5-18(6-12-29)7-13-29)14-20(40-27)35-16-32-21-22(31)33-24(30)34-23(21)35/h16-20H,2-15H2,1H3,(H2,31,33,34)/t17?,18?,19-,20+,27+,28?,29?/m0/s1. The summed E-state index contributed by atoms with van der Waals surface area (Å²) in [4.78, 5) is 37.7. The van der Waals surface area contributed by atoms with Crippen LogP contribution in [0.1, 0.15) is 96.6 Å². The Morgan fingerprint density at radius 2 is 1.55 bits per heavy atom. The molecule has 42 heavy (non-hydrogen) atoms. The van der Waals surface area contributed by atoms with E-state index in [0.29, 0.717) is 5.92 Å². The molecule has 1 aliphatic heterocycles. The molecule has 228 valence electrons. The predicted octanol–water partition coefficient (Wildman–Crippen LogP) is 5.35. The van der Waals surface area contributed by atoms with Gasteiger partial charge in [0.05, 0.1) is 6.33 Å². The lowest BCUT2D eigenvalue weighted by Crippen LogP contribution is -2.48. The van der Waals surface area contributed by atoms with E-state index < -0.39 is 47.5 Å². The highest BCUT2D eigenvalue weighted by atomic mass is 19.1. The average Bonchev–Trinajstić information content (AvgIpc) is 3.54. The molecule has 0 unspecified atom stereocenters. The molecule has 2 aromatic heterocycles. The summed E-state index contributed by atoms with van der Waals surface area (Å²) in [5.41, 5.74) is 3.99. The molecule has 6 aliphatic carbocycles. The third-order valence-corrected chi connectivity index (χ3v) is 10.6. The highest BCUT2D eigenvalue weighted by Gasteiger charge is 2.52. The topological polar surface area (TPSA) is 150 Å². The van der Waals surface area contributed by atoms with Gasteiger partial charge in [0, 0.05) is 6.42 Å². The maximum absolute atomic E-state index is 14.1. The van der Waals surface area contributed by atoms with E-state index in [1.54, 1.807) is 6.92 Å².